The van der Waals surface area contributed by atoms with E-state index in [2.05, 4.69) is 6.92 Å². The van der Waals surface area contributed by atoms with Crippen LogP contribution in [-0.4, -0.2) is 6.11 Å². The van der Waals surface area contributed by atoms with Gasteiger partial charge in [-0.1, -0.05) is 45.2 Å². The first-order valence-corrected chi connectivity index (χ1v) is 9.84. The highest BCUT2D eigenvalue weighted by atomic mass is 19.3. The van der Waals surface area contributed by atoms with Crippen molar-refractivity contribution in [3.8, 4) is 5.75 Å². The number of alkyl halides is 2. The van der Waals surface area contributed by atoms with Crippen LogP contribution in [0, 0.1) is 17.7 Å². The standard InChI is InChI=1S/C21H29F3O/c1-3-5-14-7-9-15(10-8-14)18-12-11-16-13-17(6-4-2)21(23,24)25-20(16)19(18)22/h11-12,14-15,17H,3-10,13H2,1-2H3. The van der Waals surface area contributed by atoms with Crippen LogP contribution in [0.15, 0.2) is 12.1 Å². The average molecular weight is 354 g/mol. The van der Waals surface area contributed by atoms with Gasteiger partial charge in [-0.3, -0.25) is 0 Å². The average Bonchev–Trinajstić information content (AvgIpc) is 2.58. The van der Waals surface area contributed by atoms with E-state index in [0.717, 1.165) is 31.6 Å². The Kier molecular flexibility index (Phi) is 5.65. The molecule has 1 atom stereocenters. The summed E-state index contributed by atoms with van der Waals surface area (Å²) in [7, 11) is 0. The Morgan fingerprint density at radius 3 is 2.36 bits per heavy atom. The molecule has 1 aliphatic carbocycles. The maximum atomic E-state index is 15.0. The molecule has 0 saturated heterocycles. The van der Waals surface area contributed by atoms with Crippen molar-refractivity contribution >= 4 is 0 Å². The van der Waals surface area contributed by atoms with Crippen LogP contribution in [0.4, 0.5) is 13.2 Å². The summed E-state index contributed by atoms with van der Waals surface area (Å²) in [5, 5.41) is 0. The maximum Gasteiger partial charge on any atom is 0.401 e. The summed E-state index contributed by atoms with van der Waals surface area (Å²) in [4.78, 5) is 0. The fourth-order valence-electron chi connectivity index (χ4n) is 4.59. The summed E-state index contributed by atoms with van der Waals surface area (Å²) >= 11 is 0. The zero-order valence-corrected chi connectivity index (χ0v) is 15.3. The van der Waals surface area contributed by atoms with E-state index in [-0.39, 0.29) is 18.1 Å². The molecule has 0 radical (unpaired) electrons. The SMILES string of the molecule is CCCC1CCC(c2ccc3c(c2F)OC(F)(F)C(CCC)C3)CC1. The Morgan fingerprint density at radius 2 is 1.72 bits per heavy atom. The number of hydrogen-bond donors (Lipinski definition) is 0. The van der Waals surface area contributed by atoms with Gasteiger partial charge in [0.25, 0.3) is 0 Å². The maximum absolute atomic E-state index is 15.0. The Hall–Kier alpha value is -1.19. The molecule has 1 aromatic carbocycles. The quantitative estimate of drug-likeness (QED) is 0.562. The highest BCUT2D eigenvalue weighted by molar-refractivity contribution is 5.43. The van der Waals surface area contributed by atoms with Crippen molar-refractivity contribution in [1.29, 1.82) is 0 Å². The normalized spacial score (nSPS) is 28.3. The third-order valence-electron chi connectivity index (χ3n) is 6.01. The molecule has 0 amide bonds. The van der Waals surface area contributed by atoms with Gasteiger partial charge in [0.15, 0.2) is 11.6 Å². The van der Waals surface area contributed by atoms with Crippen molar-refractivity contribution in [2.45, 2.75) is 83.7 Å². The van der Waals surface area contributed by atoms with E-state index >= 15 is 0 Å². The largest absolute Gasteiger partial charge is 0.429 e. The molecule has 1 heterocycles. The van der Waals surface area contributed by atoms with Gasteiger partial charge in [0.05, 0.1) is 5.92 Å². The fraction of sp³-hybridized carbons (Fsp3) is 0.714. The van der Waals surface area contributed by atoms with E-state index in [4.69, 9.17) is 4.74 Å². The first-order chi connectivity index (χ1) is 12.0. The third kappa shape index (κ3) is 3.83. The summed E-state index contributed by atoms with van der Waals surface area (Å²) in [5.74, 6) is -0.752. The molecule has 0 N–H and O–H groups in total. The predicted molar refractivity (Wildman–Crippen MR) is 93.7 cm³/mol. The lowest BCUT2D eigenvalue weighted by molar-refractivity contribution is -0.226. The van der Waals surface area contributed by atoms with Crippen molar-refractivity contribution in [3.05, 3.63) is 29.1 Å². The number of ether oxygens (including phenoxy) is 1. The van der Waals surface area contributed by atoms with E-state index in [1.807, 2.05) is 19.1 Å². The second kappa shape index (κ2) is 7.59. The topological polar surface area (TPSA) is 9.23 Å². The molecule has 1 aliphatic heterocycles. The van der Waals surface area contributed by atoms with E-state index in [1.54, 1.807) is 0 Å². The molecule has 0 bridgehead atoms. The van der Waals surface area contributed by atoms with Crippen LogP contribution in [0.25, 0.3) is 0 Å². The summed E-state index contributed by atoms with van der Waals surface area (Å²) in [6.45, 7) is 4.07. The Morgan fingerprint density at radius 1 is 1.04 bits per heavy atom. The minimum absolute atomic E-state index is 0.129. The molecule has 3 rings (SSSR count). The van der Waals surface area contributed by atoms with Crippen molar-refractivity contribution in [2.75, 3.05) is 0 Å². The number of halogens is 3. The van der Waals surface area contributed by atoms with E-state index in [1.165, 1.54) is 12.8 Å². The molecular formula is C21H29F3O. The van der Waals surface area contributed by atoms with Gasteiger partial charge in [-0.05, 0) is 61.5 Å². The number of hydrogen-bond acceptors (Lipinski definition) is 1. The first-order valence-electron chi connectivity index (χ1n) is 9.84. The van der Waals surface area contributed by atoms with Crippen LogP contribution < -0.4 is 4.74 Å². The minimum atomic E-state index is -3.28. The van der Waals surface area contributed by atoms with Gasteiger partial charge in [-0.25, -0.2) is 4.39 Å². The molecule has 1 fully saturated rings. The van der Waals surface area contributed by atoms with Crippen molar-refractivity contribution < 1.29 is 17.9 Å². The second-order valence-electron chi connectivity index (χ2n) is 7.82. The van der Waals surface area contributed by atoms with Crippen molar-refractivity contribution in [3.63, 3.8) is 0 Å². The van der Waals surface area contributed by atoms with Crippen LogP contribution in [0.5, 0.6) is 5.75 Å². The number of rotatable bonds is 5. The number of benzene rings is 1. The predicted octanol–water partition coefficient (Wildman–Crippen LogP) is 6.84. The fourth-order valence-corrected chi connectivity index (χ4v) is 4.59. The van der Waals surface area contributed by atoms with Crippen LogP contribution >= 0.6 is 0 Å². The Bertz CT molecular complexity index is 591. The lowest BCUT2D eigenvalue weighted by Gasteiger charge is -2.34. The zero-order chi connectivity index (χ0) is 18.0. The molecule has 2 aliphatic rings. The summed E-state index contributed by atoms with van der Waals surface area (Å²) < 4.78 is 48.4. The van der Waals surface area contributed by atoms with Gasteiger partial charge >= 0.3 is 6.11 Å². The van der Waals surface area contributed by atoms with Gasteiger partial charge in [-0.2, -0.15) is 8.78 Å². The van der Waals surface area contributed by atoms with E-state index in [9.17, 15) is 13.2 Å². The van der Waals surface area contributed by atoms with Crippen LogP contribution in [-0.2, 0) is 6.42 Å². The highest BCUT2D eigenvalue weighted by Crippen LogP contribution is 2.46. The van der Waals surface area contributed by atoms with Crippen molar-refractivity contribution in [1.82, 2.24) is 0 Å². The zero-order valence-electron chi connectivity index (χ0n) is 15.3. The summed E-state index contributed by atoms with van der Waals surface area (Å²) in [5.41, 5.74) is 1.16. The molecule has 25 heavy (non-hydrogen) atoms. The van der Waals surface area contributed by atoms with Gasteiger partial charge in [0.2, 0.25) is 0 Å². The van der Waals surface area contributed by atoms with Gasteiger partial charge in [0, 0.05) is 0 Å². The van der Waals surface area contributed by atoms with Crippen molar-refractivity contribution in [2.24, 2.45) is 11.8 Å². The van der Waals surface area contributed by atoms with Gasteiger partial charge < -0.3 is 4.74 Å². The highest BCUT2D eigenvalue weighted by Gasteiger charge is 2.47. The lowest BCUT2D eigenvalue weighted by atomic mass is 9.76. The molecule has 140 valence electrons. The Balaban J connectivity index is 1.79. The summed E-state index contributed by atoms with van der Waals surface area (Å²) in [6.07, 6.45) is 4.47. The summed E-state index contributed by atoms with van der Waals surface area (Å²) in [6, 6.07) is 3.62. The first kappa shape index (κ1) is 18.6. The Labute approximate surface area is 149 Å². The van der Waals surface area contributed by atoms with Crippen LogP contribution in [0.3, 0.4) is 0 Å². The van der Waals surface area contributed by atoms with E-state index in [0.29, 0.717) is 24.0 Å². The molecule has 1 nitrogen and oxygen atoms in total. The minimum Gasteiger partial charge on any atom is -0.429 e. The molecule has 0 spiro atoms. The number of fused-ring (bicyclic) bond motifs is 1. The lowest BCUT2D eigenvalue weighted by Crippen LogP contribution is -2.40. The monoisotopic (exact) mass is 354 g/mol. The molecule has 0 aromatic heterocycles. The van der Waals surface area contributed by atoms with E-state index < -0.39 is 17.8 Å². The van der Waals surface area contributed by atoms with Gasteiger partial charge in [0.1, 0.15) is 0 Å². The van der Waals surface area contributed by atoms with Crippen LogP contribution in [0.2, 0.25) is 0 Å². The molecule has 4 heteroatoms. The molecule has 1 saturated carbocycles. The smallest absolute Gasteiger partial charge is 0.401 e. The molecule has 1 unspecified atom stereocenters. The van der Waals surface area contributed by atoms with Gasteiger partial charge in [-0.15, -0.1) is 0 Å². The molecule has 1 aromatic rings. The van der Waals surface area contributed by atoms with Crippen LogP contribution in [0.1, 0.15) is 82.3 Å². The molecular weight excluding hydrogens is 325 g/mol. The third-order valence-corrected chi connectivity index (χ3v) is 6.01. The second-order valence-corrected chi connectivity index (χ2v) is 7.82.